The molecule has 2 N–H and O–H groups in total. The van der Waals surface area contributed by atoms with Gasteiger partial charge >= 0.3 is 0 Å². The Morgan fingerprint density at radius 1 is 1.44 bits per heavy atom. The maximum Gasteiger partial charge on any atom is 0.0889 e. The summed E-state index contributed by atoms with van der Waals surface area (Å²) in [5, 5.41) is 4.37. The highest BCUT2D eigenvalue weighted by molar-refractivity contribution is 5.14. The lowest BCUT2D eigenvalue weighted by atomic mass is 9.90. The highest BCUT2D eigenvalue weighted by Gasteiger charge is 2.42. The second kappa shape index (κ2) is 5.85. The zero-order valence-electron chi connectivity index (χ0n) is 11.6. The lowest BCUT2D eigenvalue weighted by molar-refractivity contribution is -0.0553. The molecule has 1 heterocycles. The van der Waals surface area contributed by atoms with Gasteiger partial charge in [0.1, 0.15) is 0 Å². The molecule has 1 aromatic rings. The molecule has 1 aliphatic rings. The van der Waals surface area contributed by atoms with Gasteiger partial charge in [0.25, 0.3) is 0 Å². The average molecular weight is 251 g/mol. The first-order valence-electron chi connectivity index (χ1n) is 7.14. The highest BCUT2D eigenvalue weighted by atomic mass is 16.5. The normalized spacial score (nSPS) is 20.2. The van der Waals surface area contributed by atoms with Crippen molar-refractivity contribution in [3.8, 4) is 0 Å². The van der Waals surface area contributed by atoms with E-state index in [1.807, 2.05) is 16.9 Å². The van der Waals surface area contributed by atoms with Crippen molar-refractivity contribution < 1.29 is 4.74 Å². The molecule has 0 aliphatic heterocycles. The molecule has 1 aliphatic carbocycles. The number of nitrogens with zero attached hydrogens (tertiary/aromatic N) is 2. The summed E-state index contributed by atoms with van der Waals surface area (Å²) in [5.41, 5.74) is 7.46. The van der Waals surface area contributed by atoms with Crippen LogP contribution in [0.3, 0.4) is 0 Å². The summed E-state index contributed by atoms with van der Waals surface area (Å²) in [5.74, 6) is 0. The van der Waals surface area contributed by atoms with Gasteiger partial charge in [0.05, 0.1) is 17.3 Å². The predicted molar refractivity (Wildman–Crippen MR) is 72.3 cm³/mol. The molecule has 0 aromatic carbocycles. The van der Waals surface area contributed by atoms with Crippen LogP contribution >= 0.6 is 0 Å². The summed E-state index contributed by atoms with van der Waals surface area (Å²) in [6.45, 7) is 5.87. The highest BCUT2D eigenvalue weighted by Crippen LogP contribution is 2.41. The number of aromatic nitrogens is 2. The van der Waals surface area contributed by atoms with Crippen LogP contribution in [0.25, 0.3) is 0 Å². The molecule has 1 atom stereocenters. The zero-order chi connectivity index (χ0) is 13.0. The molecular weight excluding hydrogens is 226 g/mol. The molecule has 2 rings (SSSR count). The van der Waals surface area contributed by atoms with Crippen molar-refractivity contribution in [3.05, 3.63) is 18.0 Å². The fourth-order valence-corrected chi connectivity index (χ4v) is 3.08. The van der Waals surface area contributed by atoms with Crippen molar-refractivity contribution in [1.82, 2.24) is 9.78 Å². The van der Waals surface area contributed by atoms with Gasteiger partial charge in [0.2, 0.25) is 0 Å². The van der Waals surface area contributed by atoms with Crippen LogP contribution in [0, 0.1) is 0 Å². The third kappa shape index (κ3) is 2.45. The van der Waals surface area contributed by atoms with Crippen LogP contribution in [-0.4, -0.2) is 22.0 Å². The van der Waals surface area contributed by atoms with E-state index in [0.29, 0.717) is 0 Å². The topological polar surface area (TPSA) is 53.1 Å². The standard InChI is InChI=1S/C14H25N3O/c1-3-11-17-12(7-10-16-17)13(15)14(18-4-2)8-5-6-9-14/h7,10,13H,3-6,8-9,11,15H2,1-2H3. The van der Waals surface area contributed by atoms with E-state index in [1.54, 1.807) is 0 Å². The summed E-state index contributed by atoms with van der Waals surface area (Å²) in [6, 6.07) is 1.98. The number of rotatable bonds is 6. The summed E-state index contributed by atoms with van der Waals surface area (Å²) < 4.78 is 8.07. The monoisotopic (exact) mass is 251 g/mol. The number of hydrogen-bond donors (Lipinski definition) is 1. The molecule has 18 heavy (non-hydrogen) atoms. The number of aryl methyl sites for hydroxylation is 1. The molecule has 1 saturated carbocycles. The summed E-state index contributed by atoms with van der Waals surface area (Å²) in [6.07, 6.45) is 7.49. The van der Waals surface area contributed by atoms with Gasteiger partial charge in [0.15, 0.2) is 0 Å². The van der Waals surface area contributed by atoms with E-state index >= 15 is 0 Å². The van der Waals surface area contributed by atoms with E-state index in [2.05, 4.69) is 18.9 Å². The second-order valence-corrected chi connectivity index (χ2v) is 5.16. The van der Waals surface area contributed by atoms with Gasteiger partial charge in [-0.25, -0.2) is 0 Å². The van der Waals surface area contributed by atoms with Crippen LogP contribution in [0.5, 0.6) is 0 Å². The molecule has 0 amide bonds. The first-order chi connectivity index (χ1) is 8.73. The molecule has 0 saturated heterocycles. The van der Waals surface area contributed by atoms with E-state index < -0.39 is 0 Å². The van der Waals surface area contributed by atoms with E-state index in [4.69, 9.17) is 10.5 Å². The van der Waals surface area contributed by atoms with Crippen molar-refractivity contribution in [1.29, 1.82) is 0 Å². The van der Waals surface area contributed by atoms with Crippen molar-refractivity contribution in [2.45, 2.75) is 64.1 Å². The summed E-state index contributed by atoms with van der Waals surface area (Å²) >= 11 is 0. The first kappa shape index (κ1) is 13.6. The fourth-order valence-electron chi connectivity index (χ4n) is 3.08. The Hall–Kier alpha value is -0.870. The van der Waals surface area contributed by atoms with E-state index in [1.165, 1.54) is 12.8 Å². The lowest BCUT2D eigenvalue weighted by Gasteiger charge is -2.35. The Bertz CT molecular complexity index is 369. The van der Waals surface area contributed by atoms with Gasteiger partial charge in [-0.15, -0.1) is 0 Å². The minimum atomic E-state index is -0.166. The van der Waals surface area contributed by atoms with Crippen molar-refractivity contribution in [3.63, 3.8) is 0 Å². The number of ether oxygens (including phenoxy) is 1. The van der Waals surface area contributed by atoms with Crippen molar-refractivity contribution in [2.75, 3.05) is 6.61 Å². The first-order valence-corrected chi connectivity index (χ1v) is 7.14. The minimum absolute atomic E-state index is 0.0611. The quantitative estimate of drug-likeness (QED) is 0.845. The molecule has 1 unspecified atom stereocenters. The molecular formula is C14H25N3O. The minimum Gasteiger partial charge on any atom is -0.373 e. The van der Waals surface area contributed by atoms with Gasteiger partial charge in [-0.3, -0.25) is 4.68 Å². The number of hydrogen-bond acceptors (Lipinski definition) is 3. The van der Waals surface area contributed by atoms with Gasteiger partial charge in [-0.2, -0.15) is 5.10 Å². The Morgan fingerprint density at radius 3 is 2.78 bits per heavy atom. The molecule has 1 aromatic heterocycles. The molecule has 1 fully saturated rings. The number of nitrogens with two attached hydrogens (primary N) is 1. The predicted octanol–water partition coefficient (Wildman–Crippen LogP) is 2.64. The van der Waals surface area contributed by atoms with E-state index in [0.717, 1.165) is 38.1 Å². The Balaban J connectivity index is 2.22. The molecule has 0 spiro atoms. The molecule has 4 nitrogen and oxygen atoms in total. The Morgan fingerprint density at radius 2 is 2.17 bits per heavy atom. The smallest absolute Gasteiger partial charge is 0.0889 e. The summed E-state index contributed by atoms with van der Waals surface area (Å²) in [7, 11) is 0. The molecule has 0 bridgehead atoms. The fraction of sp³-hybridized carbons (Fsp3) is 0.786. The maximum atomic E-state index is 6.51. The third-order valence-electron chi connectivity index (χ3n) is 3.95. The van der Waals surface area contributed by atoms with Crippen LogP contribution in [0.2, 0.25) is 0 Å². The molecule has 4 heteroatoms. The second-order valence-electron chi connectivity index (χ2n) is 5.16. The van der Waals surface area contributed by atoms with Gasteiger partial charge < -0.3 is 10.5 Å². The maximum absolute atomic E-state index is 6.51. The van der Waals surface area contributed by atoms with Gasteiger partial charge in [-0.05, 0) is 32.3 Å². The molecule has 102 valence electrons. The third-order valence-corrected chi connectivity index (χ3v) is 3.95. The SMILES string of the molecule is CCCn1nccc1C(N)C1(OCC)CCCC1. The Kier molecular flexibility index (Phi) is 4.40. The average Bonchev–Trinajstić information content (AvgIpc) is 2.99. The van der Waals surface area contributed by atoms with Crippen molar-refractivity contribution in [2.24, 2.45) is 5.73 Å². The van der Waals surface area contributed by atoms with Crippen LogP contribution in [0.15, 0.2) is 12.3 Å². The van der Waals surface area contributed by atoms with E-state index in [-0.39, 0.29) is 11.6 Å². The largest absolute Gasteiger partial charge is 0.373 e. The Labute approximate surface area is 110 Å². The van der Waals surface area contributed by atoms with Crippen LogP contribution in [0.1, 0.15) is 57.7 Å². The lowest BCUT2D eigenvalue weighted by Crippen LogP contribution is -2.42. The van der Waals surface area contributed by atoms with E-state index in [9.17, 15) is 0 Å². The zero-order valence-corrected chi connectivity index (χ0v) is 11.6. The van der Waals surface area contributed by atoms with Gasteiger partial charge in [0, 0.05) is 19.3 Å². The van der Waals surface area contributed by atoms with Crippen LogP contribution in [-0.2, 0) is 11.3 Å². The summed E-state index contributed by atoms with van der Waals surface area (Å²) in [4.78, 5) is 0. The molecule has 0 radical (unpaired) electrons. The van der Waals surface area contributed by atoms with Gasteiger partial charge in [-0.1, -0.05) is 19.8 Å². The van der Waals surface area contributed by atoms with Crippen LogP contribution in [0.4, 0.5) is 0 Å². The van der Waals surface area contributed by atoms with Crippen molar-refractivity contribution >= 4 is 0 Å². The van der Waals surface area contributed by atoms with Crippen LogP contribution < -0.4 is 5.73 Å².